The van der Waals surface area contributed by atoms with Gasteiger partial charge in [0.25, 0.3) is 5.91 Å². The average molecular weight is 407 g/mol. The van der Waals surface area contributed by atoms with Crippen LogP contribution in [0.15, 0.2) is 35.9 Å². The number of carbonyl (C=O) groups is 2. The first-order chi connectivity index (χ1) is 14.3. The third-order valence-electron chi connectivity index (χ3n) is 5.11. The maximum atomic E-state index is 12.8. The number of hydrogen-bond acceptors (Lipinski definition) is 3. The Morgan fingerprint density at radius 3 is 2.57 bits per heavy atom. The fourth-order valence-electron chi connectivity index (χ4n) is 3.47. The van der Waals surface area contributed by atoms with Gasteiger partial charge in [0, 0.05) is 30.7 Å². The molecule has 0 spiro atoms. The molecule has 1 aromatic carbocycles. The molecule has 0 fully saturated rings. The van der Waals surface area contributed by atoms with Gasteiger partial charge in [-0.05, 0) is 56.0 Å². The summed E-state index contributed by atoms with van der Waals surface area (Å²) in [6.07, 6.45) is 3.41. The molecular formula is C24H30N4O2. The minimum Gasteiger partial charge on any atom is -0.349 e. The molecular weight excluding hydrogens is 376 g/mol. The number of nitrogens with zero attached hydrogens (tertiary/aromatic N) is 3. The summed E-state index contributed by atoms with van der Waals surface area (Å²) in [6, 6.07) is 11.5. The van der Waals surface area contributed by atoms with Crippen molar-refractivity contribution in [1.29, 1.82) is 5.26 Å². The molecule has 0 aliphatic heterocycles. The fourth-order valence-corrected chi connectivity index (χ4v) is 3.47. The van der Waals surface area contributed by atoms with E-state index in [1.54, 1.807) is 6.08 Å². The molecule has 1 N–H and O–H groups in total. The second-order valence-electron chi connectivity index (χ2n) is 7.37. The summed E-state index contributed by atoms with van der Waals surface area (Å²) >= 11 is 0. The molecule has 0 atom stereocenters. The minimum absolute atomic E-state index is 0.0102. The number of nitriles is 1. The molecule has 158 valence electrons. The molecule has 0 saturated carbocycles. The van der Waals surface area contributed by atoms with E-state index in [0.717, 1.165) is 47.6 Å². The van der Waals surface area contributed by atoms with Gasteiger partial charge >= 0.3 is 0 Å². The van der Waals surface area contributed by atoms with Crippen LogP contribution in [0.25, 0.3) is 6.08 Å². The van der Waals surface area contributed by atoms with Crippen molar-refractivity contribution in [3.63, 3.8) is 0 Å². The van der Waals surface area contributed by atoms with Gasteiger partial charge in [-0.25, -0.2) is 0 Å². The van der Waals surface area contributed by atoms with Crippen molar-refractivity contribution >= 4 is 23.6 Å². The summed E-state index contributed by atoms with van der Waals surface area (Å²) in [5.74, 6) is -0.776. The summed E-state index contributed by atoms with van der Waals surface area (Å²) in [5.41, 5.74) is 4.74. The molecule has 0 aliphatic carbocycles. The lowest BCUT2D eigenvalue weighted by atomic mass is 10.1. The number of nitrogens with one attached hydrogen (secondary N) is 1. The van der Waals surface area contributed by atoms with Crippen LogP contribution in [0.4, 0.5) is 5.69 Å². The van der Waals surface area contributed by atoms with Crippen molar-refractivity contribution in [1.82, 2.24) is 9.47 Å². The second-order valence-corrected chi connectivity index (χ2v) is 7.37. The molecule has 6 nitrogen and oxygen atoms in total. The van der Waals surface area contributed by atoms with Gasteiger partial charge in [0.2, 0.25) is 5.91 Å². The number of likely N-dealkylation sites (N-methyl/N-ethyl adjacent to an activating group) is 1. The van der Waals surface area contributed by atoms with E-state index < -0.39 is 5.91 Å². The van der Waals surface area contributed by atoms with Crippen molar-refractivity contribution in [2.45, 2.75) is 47.1 Å². The number of aromatic nitrogens is 1. The van der Waals surface area contributed by atoms with Crippen molar-refractivity contribution < 1.29 is 9.59 Å². The van der Waals surface area contributed by atoms with Crippen LogP contribution in [0.1, 0.15) is 42.8 Å². The molecule has 2 aromatic rings. The number of aryl methyl sites for hydroxylation is 2. The lowest BCUT2D eigenvalue weighted by molar-refractivity contribution is -0.129. The molecule has 1 aromatic heterocycles. The van der Waals surface area contributed by atoms with Gasteiger partial charge in [0.05, 0.1) is 6.54 Å². The zero-order valence-electron chi connectivity index (χ0n) is 18.5. The van der Waals surface area contributed by atoms with Gasteiger partial charge in [-0.2, -0.15) is 5.26 Å². The minimum atomic E-state index is -0.475. The van der Waals surface area contributed by atoms with E-state index >= 15 is 0 Å². The van der Waals surface area contributed by atoms with Crippen LogP contribution in [0.2, 0.25) is 0 Å². The second kappa shape index (κ2) is 10.4. The molecule has 6 heteroatoms. The quantitative estimate of drug-likeness (QED) is 0.530. The predicted molar refractivity (Wildman–Crippen MR) is 120 cm³/mol. The van der Waals surface area contributed by atoms with E-state index in [2.05, 4.69) is 16.8 Å². The Bertz CT molecular complexity index is 995. The Morgan fingerprint density at radius 1 is 1.23 bits per heavy atom. The monoisotopic (exact) mass is 406 g/mol. The Hall–Kier alpha value is -3.33. The van der Waals surface area contributed by atoms with Gasteiger partial charge in [-0.3, -0.25) is 9.59 Å². The summed E-state index contributed by atoms with van der Waals surface area (Å²) < 4.78 is 2.17. The number of hydrogen-bond donors (Lipinski definition) is 1. The molecule has 30 heavy (non-hydrogen) atoms. The number of carbonyl (C=O) groups excluding carboxylic acids is 2. The largest absolute Gasteiger partial charge is 0.349 e. The highest BCUT2D eigenvalue weighted by molar-refractivity contribution is 6.04. The van der Waals surface area contributed by atoms with Crippen LogP contribution >= 0.6 is 0 Å². The number of anilines is 1. The summed E-state index contributed by atoms with van der Waals surface area (Å²) in [6.45, 7) is 8.87. The molecule has 0 unspecified atom stereocenters. The number of amides is 2. The summed E-state index contributed by atoms with van der Waals surface area (Å²) in [4.78, 5) is 26.5. The molecule has 0 aliphatic rings. The molecule has 0 saturated heterocycles. The third-order valence-corrected chi connectivity index (χ3v) is 5.11. The normalized spacial score (nSPS) is 11.1. The van der Waals surface area contributed by atoms with Crippen molar-refractivity contribution in [3.05, 3.63) is 58.4 Å². The van der Waals surface area contributed by atoms with Crippen molar-refractivity contribution in [3.8, 4) is 6.07 Å². The van der Waals surface area contributed by atoms with Crippen LogP contribution in [0.5, 0.6) is 0 Å². The van der Waals surface area contributed by atoms with Gasteiger partial charge in [-0.1, -0.05) is 32.0 Å². The smallest absolute Gasteiger partial charge is 0.264 e. The molecule has 0 radical (unpaired) electrons. The zero-order chi connectivity index (χ0) is 22.3. The summed E-state index contributed by atoms with van der Waals surface area (Å²) in [5, 5.41) is 12.4. The standard InChI is InChI=1S/C24H30N4O2/c1-6-12-28-17(3)13-20(18(28)4)14-21(15-25)24(30)27(5)16-23(29)26-22-11-9-8-10-19(22)7-2/h8-11,13-14H,6-7,12,16H2,1-5H3,(H,26,29)/b21-14+. The highest BCUT2D eigenvalue weighted by Crippen LogP contribution is 2.19. The molecule has 2 rings (SSSR count). The first-order valence-electron chi connectivity index (χ1n) is 10.2. The maximum Gasteiger partial charge on any atom is 0.264 e. The van der Waals surface area contributed by atoms with E-state index in [0.29, 0.717) is 0 Å². The Labute approximate surface area is 178 Å². The molecule has 0 bridgehead atoms. The van der Waals surface area contributed by atoms with Crippen LogP contribution < -0.4 is 5.32 Å². The maximum absolute atomic E-state index is 12.8. The topological polar surface area (TPSA) is 78.1 Å². The number of para-hydroxylation sites is 1. The number of rotatable bonds is 8. The molecule has 1 heterocycles. The zero-order valence-corrected chi connectivity index (χ0v) is 18.5. The first-order valence-corrected chi connectivity index (χ1v) is 10.2. The van der Waals surface area contributed by atoms with E-state index in [1.807, 2.05) is 57.2 Å². The highest BCUT2D eigenvalue weighted by Gasteiger charge is 2.19. The predicted octanol–water partition coefficient (Wildman–Crippen LogP) is 4.08. The Kier molecular flexibility index (Phi) is 7.99. The average Bonchev–Trinajstić information content (AvgIpc) is 2.99. The Balaban J connectivity index is 2.13. The highest BCUT2D eigenvalue weighted by atomic mass is 16.2. The fraction of sp³-hybridized carbons (Fsp3) is 0.375. The van der Waals surface area contributed by atoms with Crippen LogP contribution in [0.3, 0.4) is 0 Å². The van der Waals surface area contributed by atoms with E-state index in [1.165, 1.54) is 11.9 Å². The van der Waals surface area contributed by atoms with Gasteiger partial charge in [-0.15, -0.1) is 0 Å². The van der Waals surface area contributed by atoms with Gasteiger partial charge in [0.1, 0.15) is 11.6 Å². The SMILES string of the molecule is CCCn1c(C)cc(/C=C(\C#N)C(=O)N(C)CC(=O)Nc2ccccc2CC)c1C. The van der Waals surface area contributed by atoms with Crippen LogP contribution in [-0.4, -0.2) is 34.9 Å². The first kappa shape index (κ1) is 23.0. The summed E-state index contributed by atoms with van der Waals surface area (Å²) in [7, 11) is 1.53. The van der Waals surface area contributed by atoms with E-state index in [4.69, 9.17) is 0 Å². The molecule has 2 amide bonds. The Morgan fingerprint density at radius 2 is 1.93 bits per heavy atom. The lowest BCUT2D eigenvalue weighted by Crippen LogP contribution is -2.35. The number of benzene rings is 1. The van der Waals surface area contributed by atoms with E-state index in [9.17, 15) is 14.9 Å². The van der Waals surface area contributed by atoms with Crippen LogP contribution in [-0.2, 0) is 22.6 Å². The lowest BCUT2D eigenvalue weighted by Gasteiger charge is -2.17. The van der Waals surface area contributed by atoms with Gasteiger partial charge in [0.15, 0.2) is 0 Å². The van der Waals surface area contributed by atoms with Gasteiger partial charge < -0.3 is 14.8 Å². The van der Waals surface area contributed by atoms with Crippen molar-refractivity contribution in [2.75, 3.05) is 18.9 Å². The van der Waals surface area contributed by atoms with E-state index in [-0.39, 0.29) is 18.0 Å². The van der Waals surface area contributed by atoms with Crippen LogP contribution in [0, 0.1) is 25.2 Å². The van der Waals surface area contributed by atoms with Crippen molar-refractivity contribution in [2.24, 2.45) is 0 Å². The third kappa shape index (κ3) is 5.38.